The van der Waals surface area contributed by atoms with Crippen molar-refractivity contribution in [1.29, 1.82) is 0 Å². The molecule has 3 atom stereocenters. The highest BCUT2D eigenvalue weighted by Gasteiger charge is 2.35. The summed E-state index contributed by atoms with van der Waals surface area (Å²) in [5.41, 5.74) is -0.383. The number of hydrogen-bond donors (Lipinski definition) is 3. The fourth-order valence-corrected chi connectivity index (χ4v) is 2.87. The Kier molecular flexibility index (Phi) is 5.39. The van der Waals surface area contributed by atoms with Crippen LogP contribution in [0.25, 0.3) is 0 Å². The van der Waals surface area contributed by atoms with Gasteiger partial charge in [-0.25, -0.2) is 4.79 Å². The van der Waals surface area contributed by atoms with Gasteiger partial charge in [-0.05, 0) is 46.9 Å². The maximum atomic E-state index is 12.0. The number of hydrogen-bond acceptors (Lipinski definition) is 5. The summed E-state index contributed by atoms with van der Waals surface area (Å²) in [6.07, 6.45) is -0.949. The number of nitrogens with zero attached hydrogens (tertiary/aromatic N) is 1. The maximum absolute atomic E-state index is 12.0. The third-order valence-electron chi connectivity index (χ3n) is 3.85. The van der Waals surface area contributed by atoms with Crippen molar-refractivity contribution in [2.75, 3.05) is 6.61 Å². The molecule has 0 aliphatic carbocycles. The molecule has 1 aliphatic heterocycles. The second-order valence-electron chi connectivity index (χ2n) is 5.58. The highest BCUT2D eigenvalue weighted by atomic mass is 127. The van der Waals surface area contributed by atoms with Crippen LogP contribution in [0.4, 0.5) is 0 Å². The molecule has 2 heterocycles. The van der Waals surface area contributed by atoms with Crippen molar-refractivity contribution < 1.29 is 14.9 Å². The predicted octanol–water partition coefficient (Wildman–Crippen LogP) is 0.182. The first-order chi connectivity index (χ1) is 12.0. The van der Waals surface area contributed by atoms with Crippen molar-refractivity contribution in [3.05, 3.63) is 66.0 Å². The molecule has 0 amide bonds. The number of rotatable bonds is 2. The Morgan fingerprint density at radius 2 is 2.00 bits per heavy atom. The van der Waals surface area contributed by atoms with Crippen molar-refractivity contribution in [3.8, 4) is 11.8 Å². The Labute approximate surface area is 156 Å². The largest absolute Gasteiger partial charge is 0.394 e. The lowest BCUT2D eigenvalue weighted by atomic mass is 10.2. The summed E-state index contributed by atoms with van der Waals surface area (Å²) in [4.78, 5) is 26.2. The molecule has 1 aromatic heterocycles. The fraction of sp³-hybridized carbons (Fsp3) is 0.294. The molecule has 8 heteroatoms. The van der Waals surface area contributed by atoms with E-state index in [0.717, 1.165) is 9.13 Å². The average Bonchev–Trinajstić information content (AvgIpc) is 2.96. The van der Waals surface area contributed by atoms with E-state index in [9.17, 15) is 14.7 Å². The second kappa shape index (κ2) is 7.53. The van der Waals surface area contributed by atoms with E-state index in [4.69, 9.17) is 9.84 Å². The molecule has 3 rings (SSSR count). The van der Waals surface area contributed by atoms with E-state index in [-0.39, 0.29) is 18.6 Å². The van der Waals surface area contributed by atoms with Crippen LogP contribution < -0.4 is 11.2 Å². The van der Waals surface area contributed by atoms with Crippen LogP contribution >= 0.6 is 22.6 Å². The van der Waals surface area contributed by atoms with Crippen molar-refractivity contribution in [2.45, 2.75) is 24.9 Å². The Bertz CT molecular complexity index is 938. The number of aliphatic hydroxyl groups is 2. The van der Waals surface area contributed by atoms with Gasteiger partial charge >= 0.3 is 5.69 Å². The Morgan fingerprint density at radius 1 is 1.28 bits per heavy atom. The lowest BCUT2D eigenvalue weighted by Crippen LogP contribution is -2.33. The molecule has 25 heavy (non-hydrogen) atoms. The molecule has 0 radical (unpaired) electrons. The molecular weight excluding hydrogens is 439 g/mol. The molecule has 0 spiro atoms. The number of aromatic amines is 1. The normalized spacial score (nSPS) is 22.4. The Balaban J connectivity index is 1.93. The summed E-state index contributed by atoms with van der Waals surface area (Å²) in [6.45, 7) is -0.352. The quantitative estimate of drug-likeness (QED) is 0.444. The number of ether oxygens (including phenoxy) is 1. The minimum atomic E-state index is -0.879. The van der Waals surface area contributed by atoms with Crippen LogP contribution in [0.2, 0.25) is 0 Å². The minimum absolute atomic E-state index is 0.115. The number of aliphatic hydroxyl groups excluding tert-OH is 2. The van der Waals surface area contributed by atoms with Gasteiger partial charge in [-0.2, -0.15) is 0 Å². The van der Waals surface area contributed by atoms with E-state index in [1.54, 1.807) is 0 Å². The summed E-state index contributed by atoms with van der Waals surface area (Å²) < 4.78 is 7.71. The molecule has 0 unspecified atom stereocenters. The van der Waals surface area contributed by atoms with Crippen LogP contribution in [0, 0.1) is 15.4 Å². The van der Waals surface area contributed by atoms with E-state index < -0.39 is 29.7 Å². The van der Waals surface area contributed by atoms with Gasteiger partial charge in [0.15, 0.2) is 0 Å². The van der Waals surface area contributed by atoms with Gasteiger partial charge in [0.25, 0.3) is 5.56 Å². The van der Waals surface area contributed by atoms with Gasteiger partial charge in [-0.15, -0.1) is 0 Å². The smallest absolute Gasteiger partial charge is 0.330 e. The van der Waals surface area contributed by atoms with Crippen molar-refractivity contribution in [2.24, 2.45) is 0 Å². The number of H-pyrrole nitrogens is 1. The van der Waals surface area contributed by atoms with Crippen LogP contribution in [0.15, 0.2) is 40.1 Å². The fourth-order valence-electron chi connectivity index (χ4n) is 2.51. The first-order valence-electron chi connectivity index (χ1n) is 7.55. The molecule has 130 valence electrons. The molecule has 7 nitrogen and oxygen atoms in total. The number of aromatic nitrogens is 2. The highest BCUT2D eigenvalue weighted by Crippen LogP contribution is 2.27. The first kappa shape index (κ1) is 17.9. The molecule has 2 aromatic rings. The maximum Gasteiger partial charge on any atom is 0.330 e. The monoisotopic (exact) mass is 454 g/mol. The predicted molar refractivity (Wildman–Crippen MR) is 98.1 cm³/mol. The topological polar surface area (TPSA) is 105 Å². The van der Waals surface area contributed by atoms with E-state index in [1.165, 1.54) is 10.8 Å². The molecule has 1 saturated heterocycles. The van der Waals surface area contributed by atoms with E-state index in [0.29, 0.717) is 0 Å². The molecule has 3 N–H and O–H groups in total. The van der Waals surface area contributed by atoms with E-state index >= 15 is 0 Å². The zero-order chi connectivity index (χ0) is 18.0. The zero-order valence-electron chi connectivity index (χ0n) is 13.0. The van der Waals surface area contributed by atoms with Crippen LogP contribution in [0.5, 0.6) is 0 Å². The lowest BCUT2D eigenvalue weighted by molar-refractivity contribution is -0.0459. The van der Waals surface area contributed by atoms with Gasteiger partial charge < -0.3 is 14.9 Å². The molecule has 1 fully saturated rings. The van der Waals surface area contributed by atoms with E-state index in [2.05, 4.69) is 39.4 Å². The molecule has 1 aromatic carbocycles. The van der Waals surface area contributed by atoms with Gasteiger partial charge in [0.2, 0.25) is 0 Å². The summed E-state index contributed by atoms with van der Waals surface area (Å²) in [5.74, 6) is 5.63. The van der Waals surface area contributed by atoms with Gasteiger partial charge in [0.1, 0.15) is 17.9 Å². The minimum Gasteiger partial charge on any atom is -0.394 e. The standard InChI is InChI=1S/C17H15IN2O5/c18-12-5-2-10(3-6-12)1-4-11-8-20(17(24)19-16(11)23)15-7-13(22)14(9-21)25-15/h2-3,5-6,8,13-15,21-22H,7,9H2,(H,19,23,24)/t13-,14+,15+/m0/s1. The van der Waals surface area contributed by atoms with Crippen molar-refractivity contribution in [1.82, 2.24) is 9.55 Å². The third kappa shape index (κ3) is 4.01. The summed E-state index contributed by atoms with van der Waals surface area (Å²) >= 11 is 2.18. The van der Waals surface area contributed by atoms with Gasteiger partial charge in [-0.3, -0.25) is 14.3 Å². The first-order valence-corrected chi connectivity index (χ1v) is 8.63. The van der Waals surface area contributed by atoms with Crippen molar-refractivity contribution >= 4 is 22.6 Å². The molecular formula is C17H15IN2O5. The van der Waals surface area contributed by atoms with Crippen molar-refractivity contribution in [3.63, 3.8) is 0 Å². The third-order valence-corrected chi connectivity index (χ3v) is 4.57. The lowest BCUT2D eigenvalue weighted by Gasteiger charge is -2.14. The van der Waals surface area contributed by atoms with E-state index in [1.807, 2.05) is 24.3 Å². The molecule has 1 aliphatic rings. The van der Waals surface area contributed by atoms with Crippen LogP contribution in [-0.4, -0.2) is 38.6 Å². The summed E-state index contributed by atoms with van der Waals surface area (Å²) in [5, 5.41) is 19.0. The zero-order valence-corrected chi connectivity index (χ0v) is 15.1. The number of halogens is 1. The summed E-state index contributed by atoms with van der Waals surface area (Å²) in [6, 6.07) is 7.47. The van der Waals surface area contributed by atoms with Crippen LogP contribution in [-0.2, 0) is 4.74 Å². The van der Waals surface area contributed by atoms with Crippen LogP contribution in [0.3, 0.4) is 0 Å². The van der Waals surface area contributed by atoms with Gasteiger partial charge in [-0.1, -0.05) is 11.8 Å². The Hall–Kier alpha value is -1.93. The highest BCUT2D eigenvalue weighted by molar-refractivity contribution is 14.1. The summed E-state index contributed by atoms with van der Waals surface area (Å²) in [7, 11) is 0. The van der Waals surface area contributed by atoms with Gasteiger partial charge in [0, 0.05) is 21.8 Å². The van der Waals surface area contributed by atoms with Gasteiger partial charge in [0.05, 0.1) is 12.7 Å². The SMILES string of the molecule is O=c1[nH]c(=O)n([C@H]2C[C@H](O)[C@@H](CO)O2)cc1C#Cc1ccc(I)cc1. The Morgan fingerprint density at radius 3 is 2.64 bits per heavy atom. The average molecular weight is 454 g/mol. The molecule has 0 bridgehead atoms. The van der Waals surface area contributed by atoms with Crippen LogP contribution in [0.1, 0.15) is 23.8 Å². The number of benzene rings is 1. The molecule has 0 saturated carbocycles. The second-order valence-corrected chi connectivity index (χ2v) is 6.83. The number of nitrogens with one attached hydrogen (secondary N) is 1.